The van der Waals surface area contributed by atoms with Gasteiger partial charge in [0.05, 0.1) is 12.8 Å². The lowest BCUT2D eigenvalue weighted by atomic mass is 9.97. The van der Waals surface area contributed by atoms with Crippen LogP contribution < -0.4 is 10.1 Å². The molecule has 5 heteroatoms. The molecular formula is C16H20ClN3O. The Kier molecular flexibility index (Phi) is 3.91. The predicted octanol–water partition coefficient (Wildman–Crippen LogP) is 2.82. The van der Waals surface area contributed by atoms with Gasteiger partial charge >= 0.3 is 0 Å². The van der Waals surface area contributed by atoms with E-state index >= 15 is 0 Å². The first-order valence-electron chi connectivity index (χ1n) is 7.20. The number of hydrogen-bond donors (Lipinski definition) is 1. The molecule has 112 valence electrons. The molecule has 1 N–H and O–H groups in total. The Hall–Kier alpha value is -1.52. The molecule has 0 spiro atoms. The highest BCUT2D eigenvalue weighted by Crippen LogP contribution is 2.35. The molecule has 1 unspecified atom stereocenters. The Balaban J connectivity index is 1.93. The van der Waals surface area contributed by atoms with Gasteiger partial charge in [-0.05, 0) is 43.7 Å². The minimum absolute atomic E-state index is 0.200. The number of fused-ring (bicyclic) bond motifs is 1. The second-order valence-corrected chi connectivity index (χ2v) is 5.94. The molecular weight excluding hydrogens is 286 g/mol. The van der Waals surface area contributed by atoms with Crippen LogP contribution in [0.15, 0.2) is 18.3 Å². The van der Waals surface area contributed by atoms with Crippen LogP contribution in [-0.2, 0) is 19.9 Å². The number of aromatic nitrogens is 2. The number of nitrogens with one attached hydrogen (secondary N) is 1. The van der Waals surface area contributed by atoms with Crippen LogP contribution in [0.5, 0.6) is 5.75 Å². The van der Waals surface area contributed by atoms with Crippen LogP contribution in [0.25, 0.3) is 0 Å². The topological polar surface area (TPSA) is 39.1 Å². The van der Waals surface area contributed by atoms with E-state index in [4.69, 9.17) is 16.3 Å². The van der Waals surface area contributed by atoms with Crippen LogP contribution in [0, 0.1) is 6.92 Å². The van der Waals surface area contributed by atoms with E-state index in [9.17, 15) is 0 Å². The van der Waals surface area contributed by atoms with E-state index < -0.39 is 0 Å². The molecule has 0 saturated heterocycles. The summed E-state index contributed by atoms with van der Waals surface area (Å²) in [6.07, 6.45) is 3.72. The van der Waals surface area contributed by atoms with Crippen molar-refractivity contribution < 1.29 is 4.74 Å². The average molecular weight is 306 g/mol. The second kappa shape index (κ2) is 5.70. The zero-order valence-electron chi connectivity index (χ0n) is 12.6. The van der Waals surface area contributed by atoms with Crippen molar-refractivity contribution >= 4 is 11.6 Å². The number of ether oxygens (including phenoxy) is 1. The molecule has 2 aromatic rings. The van der Waals surface area contributed by atoms with Gasteiger partial charge in [-0.1, -0.05) is 11.6 Å². The molecule has 1 aliphatic heterocycles. The average Bonchev–Trinajstić information content (AvgIpc) is 3.04. The van der Waals surface area contributed by atoms with Crippen molar-refractivity contribution in [3.8, 4) is 5.75 Å². The van der Waals surface area contributed by atoms with Crippen LogP contribution in [0.3, 0.4) is 0 Å². The third kappa shape index (κ3) is 2.65. The Morgan fingerprint density at radius 2 is 2.29 bits per heavy atom. The Bertz CT molecular complexity index is 666. The van der Waals surface area contributed by atoms with E-state index in [2.05, 4.69) is 17.3 Å². The van der Waals surface area contributed by atoms with Gasteiger partial charge in [0, 0.05) is 35.8 Å². The van der Waals surface area contributed by atoms with Gasteiger partial charge in [-0.25, -0.2) is 0 Å². The minimum atomic E-state index is 0.200. The fourth-order valence-electron chi connectivity index (χ4n) is 2.94. The van der Waals surface area contributed by atoms with Gasteiger partial charge in [-0.3, -0.25) is 4.68 Å². The van der Waals surface area contributed by atoms with Crippen LogP contribution >= 0.6 is 11.6 Å². The first kappa shape index (κ1) is 14.4. The zero-order chi connectivity index (χ0) is 15.0. The molecule has 0 aliphatic carbocycles. The third-order valence-corrected chi connectivity index (χ3v) is 4.46. The Labute approximate surface area is 130 Å². The Morgan fingerprint density at radius 3 is 2.95 bits per heavy atom. The van der Waals surface area contributed by atoms with Crippen molar-refractivity contribution in [3.63, 3.8) is 0 Å². The zero-order valence-corrected chi connectivity index (χ0v) is 13.4. The lowest BCUT2D eigenvalue weighted by molar-refractivity contribution is 0.352. The van der Waals surface area contributed by atoms with Crippen molar-refractivity contribution in [2.75, 3.05) is 13.7 Å². The summed E-state index contributed by atoms with van der Waals surface area (Å²) in [6.45, 7) is 2.84. The van der Waals surface area contributed by atoms with Crippen LogP contribution in [0.1, 0.15) is 28.4 Å². The molecule has 2 heterocycles. The van der Waals surface area contributed by atoms with Gasteiger partial charge in [0.15, 0.2) is 0 Å². The highest BCUT2D eigenvalue weighted by atomic mass is 35.5. The van der Waals surface area contributed by atoms with Crippen molar-refractivity contribution in [2.24, 2.45) is 7.05 Å². The predicted molar refractivity (Wildman–Crippen MR) is 84.1 cm³/mol. The van der Waals surface area contributed by atoms with Crippen LogP contribution in [0.2, 0.25) is 5.02 Å². The molecule has 0 saturated carbocycles. The summed E-state index contributed by atoms with van der Waals surface area (Å²) in [7, 11) is 3.94. The first-order chi connectivity index (χ1) is 10.1. The summed E-state index contributed by atoms with van der Waals surface area (Å²) in [5, 5.41) is 8.50. The fourth-order valence-corrected chi connectivity index (χ4v) is 3.21. The fraction of sp³-hybridized carbons (Fsp3) is 0.438. The minimum Gasteiger partial charge on any atom is -0.493 e. The number of benzene rings is 1. The lowest BCUT2D eigenvalue weighted by Crippen LogP contribution is -2.19. The summed E-state index contributed by atoms with van der Waals surface area (Å²) in [4.78, 5) is 0. The van der Waals surface area contributed by atoms with Crippen molar-refractivity contribution in [2.45, 2.75) is 25.8 Å². The van der Waals surface area contributed by atoms with E-state index in [0.29, 0.717) is 0 Å². The van der Waals surface area contributed by atoms with Gasteiger partial charge in [-0.2, -0.15) is 5.10 Å². The highest BCUT2D eigenvalue weighted by Gasteiger charge is 2.22. The first-order valence-corrected chi connectivity index (χ1v) is 7.57. The molecule has 21 heavy (non-hydrogen) atoms. The monoisotopic (exact) mass is 305 g/mol. The molecule has 1 aromatic heterocycles. The van der Waals surface area contributed by atoms with Gasteiger partial charge in [-0.15, -0.1) is 0 Å². The largest absolute Gasteiger partial charge is 0.493 e. The second-order valence-electron chi connectivity index (χ2n) is 5.51. The van der Waals surface area contributed by atoms with E-state index in [0.717, 1.165) is 35.8 Å². The molecule has 1 aromatic carbocycles. The van der Waals surface area contributed by atoms with E-state index in [1.807, 2.05) is 37.1 Å². The quantitative estimate of drug-likeness (QED) is 0.944. The van der Waals surface area contributed by atoms with Crippen molar-refractivity contribution in [3.05, 3.63) is 45.7 Å². The summed E-state index contributed by atoms with van der Waals surface area (Å²) >= 11 is 6.24. The summed E-state index contributed by atoms with van der Waals surface area (Å²) in [5.41, 5.74) is 4.77. The lowest BCUT2D eigenvalue weighted by Gasteiger charge is -2.18. The van der Waals surface area contributed by atoms with Gasteiger partial charge in [0.1, 0.15) is 5.75 Å². The van der Waals surface area contributed by atoms with E-state index in [-0.39, 0.29) is 6.04 Å². The number of hydrogen-bond acceptors (Lipinski definition) is 3. The molecule has 3 rings (SSSR count). The number of rotatable bonds is 4. The number of likely N-dealkylation sites (N-methyl/N-ethyl adjacent to an activating group) is 1. The van der Waals surface area contributed by atoms with E-state index in [1.54, 1.807) is 0 Å². The number of aryl methyl sites for hydroxylation is 1. The van der Waals surface area contributed by atoms with E-state index in [1.165, 1.54) is 16.8 Å². The summed E-state index contributed by atoms with van der Waals surface area (Å²) < 4.78 is 7.70. The normalized spacial score (nSPS) is 14.9. The number of nitrogens with zero attached hydrogens (tertiary/aromatic N) is 2. The Morgan fingerprint density at radius 1 is 1.48 bits per heavy atom. The van der Waals surface area contributed by atoms with Gasteiger partial charge in [0.2, 0.25) is 0 Å². The van der Waals surface area contributed by atoms with Gasteiger partial charge in [0.25, 0.3) is 0 Å². The summed E-state index contributed by atoms with van der Waals surface area (Å²) in [5.74, 6) is 1.01. The third-order valence-electron chi connectivity index (χ3n) is 4.25. The van der Waals surface area contributed by atoms with Crippen molar-refractivity contribution in [1.82, 2.24) is 15.1 Å². The SMILES string of the molecule is CNC(Cc1cc(Cl)cc2c1OCC2)c1cnn(C)c1C. The molecule has 0 bridgehead atoms. The maximum atomic E-state index is 6.24. The molecule has 1 atom stereocenters. The molecule has 0 amide bonds. The van der Waals surface area contributed by atoms with Crippen LogP contribution in [0.4, 0.5) is 0 Å². The molecule has 4 nitrogen and oxygen atoms in total. The standard InChI is InChI=1S/C16H20ClN3O/c1-10-14(9-19-20(10)3)15(18-2)8-12-7-13(17)6-11-4-5-21-16(11)12/h6-7,9,15,18H,4-5,8H2,1-3H3. The van der Waals surface area contributed by atoms with Crippen LogP contribution in [-0.4, -0.2) is 23.4 Å². The summed E-state index contributed by atoms with van der Waals surface area (Å²) in [6, 6.07) is 4.23. The smallest absolute Gasteiger partial charge is 0.125 e. The number of halogens is 1. The molecule has 0 radical (unpaired) electrons. The molecule has 1 aliphatic rings. The maximum Gasteiger partial charge on any atom is 0.125 e. The highest BCUT2D eigenvalue weighted by molar-refractivity contribution is 6.30. The molecule has 0 fully saturated rings. The maximum absolute atomic E-state index is 6.24. The van der Waals surface area contributed by atoms with Gasteiger partial charge < -0.3 is 10.1 Å². The van der Waals surface area contributed by atoms with Crippen molar-refractivity contribution in [1.29, 1.82) is 0 Å².